The number of rotatable bonds is 6. The number of hydrogen-bond acceptors (Lipinski definition) is 4. The van der Waals surface area contributed by atoms with Crippen LogP contribution < -0.4 is 4.74 Å². The van der Waals surface area contributed by atoms with Crippen LogP contribution in [-0.4, -0.2) is 45.6 Å². The molecule has 0 unspecified atom stereocenters. The second kappa shape index (κ2) is 7.36. The Labute approximate surface area is 143 Å². The van der Waals surface area contributed by atoms with Crippen LogP contribution in [0.5, 0.6) is 5.75 Å². The van der Waals surface area contributed by atoms with Crippen LogP contribution in [-0.2, 0) is 7.05 Å². The van der Waals surface area contributed by atoms with Gasteiger partial charge in [0.15, 0.2) is 0 Å². The molecule has 5 heteroatoms. The quantitative estimate of drug-likeness (QED) is 0.885. The summed E-state index contributed by atoms with van der Waals surface area (Å²) in [6.45, 7) is 6.04. The van der Waals surface area contributed by atoms with E-state index in [1.807, 2.05) is 50.0 Å². The van der Waals surface area contributed by atoms with Crippen LogP contribution >= 0.6 is 0 Å². The highest BCUT2D eigenvalue weighted by Gasteiger charge is 2.28. The van der Waals surface area contributed by atoms with E-state index in [4.69, 9.17) is 4.74 Å². The SMILES string of the molecule is Cc1cccc(C)c1OC[C@H](O)CN1CCC[C@@H]1c1cnn(C)c1. The Hall–Kier alpha value is -1.85. The van der Waals surface area contributed by atoms with Crippen LogP contribution in [0.3, 0.4) is 0 Å². The van der Waals surface area contributed by atoms with Gasteiger partial charge in [0.1, 0.15) is 18.5 Å². The van der Waals surface area contributed by atoms with E-state index >= 15 is 0 Å². The Morgan fingerprint density at radius 3 is 2.75 bits per heavy atom. The fraction of sp³-hybridized carbons (Fsp3) is 0.526. The molecular formula is C19H27N3O2. The van der Waals surface area contributed by atoms with Crippen LogP contribution in [0.25, 0.3) is 0 Å². The maximum absolute atomic E-state index is 10.4. The van der Waals surface area contributed by atoms with Gasteiger partial charge in [-0.05, 0) is 44.4 Å². The number of ether oxygens (including phenoxy) is 1. The Balaban J connectivity index is 1.57. The molecule has 2 heterocycles. The number of β-amino-alcohol motifs (C(OH)–C–C–N with tert-alkyl or cyclic N) is 1. The number of nitrogens with zero attached hydrogens (tertiary/aromatic N) is 3. The summed E-state index contributed by atoms with van der Waals surface area (Å²) < 4.78 is 7.73. The number of aliphatic hydroxyl groups is 1. The zero-order chi connectivity index (χ0) is 17.1. The minimum atomic E-state index is -0.499. The topological polar surface area (TPSA) is 50.5 Å². The summed E-state index contributed by atoms with van der Waals surface area (Å²) in [7, 11) is 1.94. The summed E-state index contributed by atoms with van der Waals surface area (Å²) in [5, 5.41) is 14.7. The molecule has 0 amide bonds. The van der Waals surface area contributed by atoms with E-state index < -0.39 is 6.10 Å². The molecule has 1 aliphatic heterocycles. The predicted octanol–water partition coefficient (Wildman–Crippen LogP) is 2.61. The highest BCUT2D eigenvalue weighted by atomic mass is 16.5. The second-order valence-electron chi connectivity index (χ2n) is 6.79. The van der Waals surface area contributed by atoms with Gasteiger partial charge in [0, 0.05) is 31.4 Å². The molecule has 0 saturated carbocycles. The molecule has 24 heavy (non-hydrogen) atoms. The molecule has 3 rings (SSSR count). The lowest BCUT2D eigenvalue weighted by Crippen LogP contribution is -2.35. The fourth-order valence-electron chi connectivity index (χ4n) is 3.56. The summed E-state index contributed by atoms with van der Waals surface area (Å²) in [6, 6.07) is 6.45. The summed E-state index contributed by atoms with van der Waals surface area (Å²) >= 11 is 0. The van der Waals surface area contributed by atoms with Crippen LogP contribution in [0.2, 0.25) is 0 Å². The minimum Gasteiger partial charge on any atom is -0.490 e. The van der Waals surface area contributed by atoms with E-state index in [0.717, 1.165) is 36.3 Å². The molecule has 0 bridgehead atoms. The number of aromatic nitrogens is 2. The van der Waals surface area contributed by atoms with Gasteiger partial charge in [0.05, 0.1) is 6.20 Å². The van der Waals surface area contributed by atoms with Crippen molar-refractivity contribution in [2.45, 2.75) is 38.8 Å². The van der Waals surface area contributed by atoms with Gasteiger partial charge in [-0.2, -0.15) is 5.10 Å². The molecular weight excluding hydrogens is 302 g/mol. The first kappa shape index (κ1) is 17.0. The molecule has 0 radical (unpaired) electrons. The normalized spacial score (nSPS) is 19.6. The summed E-state index contributed by atoms with van der Waals surface area (Å²) in [4.78, 5) is 2.34. The molecule has 0 spiro atoms. The maximum atomic E-state index is 10.4. The maximum Gasteiger partial charge on any atom is 0.125 e. The Morgan fingerprint density at radius 2 is 2.08 bits per heavy atom. The lowest BCUT2D eigenvalue weighted by molar-refractivity contribution is 0.0634. The van der Waals surface area contributed by atoms with Crippen LogP contribution in [0.1, 0.15) is 35.6 Å². The van der Waals surface area contributed by atoms with E-state index in [9.17, 15) is 5.11 Å². The second-order valence-corrected chi connectivity index (χ2v) is 6.79. The van der Waals surface area contributed by atoms with Crippen molar-refractivity contribution in [3.63, 3.8) is 0 Å². The van der Waals surface area contributed by atoms with E-state index in [2.05, 4.69) is 16.2 Å². The molecule has 1 fully saturated rings. The van der Waals surface area contributed by atoms with Crippen LogP contribution in [0.4, 0.5) is 0 Å². The third kappa shape index (κ3) is 3.79. The lowest BCUT2D eigenvalue weighted by atomic mass is 10.1. The first-order valence-corrected chi connectivity index (χ1v) is 8.64. The first-order chi connectivity index (χ1) is 11.5. The van der Waals surface area contributed by atoms with Gasteiger partial charge in [-0.1, -0.05) is 18.2 Å². The molecule has 1 saturated heterocycles. The van der Waals surface area contributed by atoms with E-state index in [-0.39, 0.29) is 0 Å². The standard InChI is InChI=1S/C19H27N3O2/c1-14-6-4-7-15(2)19(14)24-13-17(23)12-22-9-5-8-18(22)16-10-20-21(3)11-16/h4,6-7,10-11,17-18,23H,5,8-9,12-13H2,1-3H3/t17-,18-/m1/s1. The van der Waals surface area contributed by atoms with E-state index in [0.29, 0.717) is 19.2 Å². The Morgan fingerprint density at radius 1 is 1.33 bits per heavy atom. The van der Waals surface area contributed by atoms with Crippen molar-refractivity contribution >= 4 is 0 Å². The van der Waals surface area contributed by atoms with Crippen LogP contribution in [0, 0.1) is 13.8 Å². The van der Waals surface area contributed by atoms with E-state index in [1.54, 1.807) is 0 Å². The van der Waals surface area contributed by atoms with Crippen molar-refractivity contribution in [3.8, 4) is 5.75 Å². The van der Waals surface area contributed by atoms with Gasteiger partial charge >= 0.3 is 0 Å². The molecule has 2 aromatic rings. The third-order valence-electron chi connectivity index (χ3n) is 4.75. The summed E-state index contributed by atoms with van der Waals surface area (Å²) in [6.07, 6.45) is 5.78. The summed E-state index contributed by atoms with van der Waals surface area (Å²) in [5.41, 5.74) is 3.45. The number of hydrogen-bond donors (Lipinski definition) is 1. The largest absolute Gasteiger partial charge is 0.490 e. The molecule has 0 aliphatic carbocycles. The number of aryl methyl sites for hydroxylation is 3. The van der Waals surface area contributed by atoms with Gasteiger partial charge in [0.25, 0.3) is 0 Å². The molecule has 1 aromatic heterocycles. The van der Waals surface area contributed by atoms with Gasteiger partial charge in [-0.15, -0.1) is 0 Å². The van der Waals surface area contributed by atoms with Crippen molar-refractivity contribution in [3.05, 3.63) is 47.3 Å². The van der Waals surface area contributed by atoms with Crippen molar-refractivity contribution in [2.75, 3.05) is 19.7 Å². The molecule has 1 aromatic carbocycles. The average molecular weight is 329 g/mol. The Bertz CT molecular complexity index is 663. The molecule has 1 aliphatic rings. The summed E-state index contributed by atoms with van der Waals surface area (Å²) in [5.74, 6) is 0.891. The van der Waals surface area contributed by atoms with Gasteiger partial charge in [0.2, 0.25) is 0 Å². The van der Waals surface area contributed by atoms with Crippen molar-refractivity contribution in [1.82, 2.24) is 14.7 Å². The smallest absolute Gasteiger partial charge is 0.125 e. The van der Waals surface area contributed by atoms with Crippen molar-refractivity contribution < 1.29 is 9.84 Å². The highest BCUT2D eigenvalue weighted by molar-refractivity contribution is 5.39. The number of likely N-dealkylation sites (tertiary alicyclic amines) is 1. The highest BCUT2D eigenvalue weighted by Crippen LogP contribution is 2.31. The van der Waals surface area contributed by atoms with E-state index in [1.165, 1.54) is 5.56 Å². The van der Waals surface area contributed by atoms with Gasteiger partial charge in [-0.25, -0.2) is 0 Å². The zero-order valence-corrected chi connectivity index (χ0v) is 14.8. The predicted molar refractivity (Wildman–Crippen MR) is 94.2 cm³/mol. The number of para-hydroxylation sites is 1. The van der Waals surface area contributed by atoms with Crippen molar-refractivity contribution in [2.24, 2.45) is 7.05 Å². The van der Waals surface area contributed by atoms with Gasteiger partial charge in [-0.3, -0.25) is 9.58 Å². The molecule has 130 valence electrons. The molecule has 2 atom stereocenters. The first-order valence-electron chi connectivity index (χ1n) is 8.64. The van der Waals surface area contributed by atoms with Crippen molar-refractivity contribution in [1.29, 1.82) is 0 Å². The Kier molecular flexibility index (Phi) is 5.21. The molecule has 1 N–H and O–H groups in total. The minimum absolute atomic E-state index is 0.321. The lowest BCUT2D eigenvalue weighted by Gasteiger charge is -2.26. The zero-order valence-electron chi connectivity index (χ0n) is 14.8. The number of benzene rings is 1. The monoisotopic (exact) mass is 329 g/mol. The van der Waals surface area contributed by atoms with Crippen LogP contribution in [0.15, 0.2) is 30.6 Å². The average Bonchev–Trinajstić information content (AvgIpc) is 3.15. The molecule has 5 nitrogen and oxygen atoms in total. The third-order valence-corrected chi connectivity index (χ3v) is 4.75. The number of aliphatic hydroxyl groups excluding tert-OH is 1. The fourth-order valence-corrected chi connectivity index (χ4v) is 3.56. The van der Waals surface area contributed by atoms with Gasteiger partial charge < -0.3 is 9.84 Å².